The average Bonchev–Trinajstić information content (AvgIpc) is 2.15. The van der Waals surface area contributed by atoms with Crippen LogP contribution in [0.25, 0.3) is 0 Å². The van der Waals surface area contributed by atoms with E-state index in [0.717, 1.165) is 4.90 Å². The van der Waals surface area contributed by atoms with Crippen molar-refractivity contribution in [1.29, 1.82) is 0 Å². The first-order valence-corrected chi connectivity index (χ1v) is 3.72. The molecule has 0 fully saturated rings. The third kappa shape index (κ3) is 2.44. The van der Waals surface area contributed by atoms with Crippen molar-refractivity contribution >= 4 is 23.9 Å². The molecule has 0 saturated carbocycles. The van der Waals surface area contributed by atoms with Crippen LogP contribution >= 0.6 is 0 Å². The molecule has 0 unspecified atom stereocenters. The molecule has 0 saturated heterocycles. The Bertz CT molecular complexity index is 336. The number of nitrogens with two attached hydrogens (primary N) is 1. The van der Waals surface area contributed by atoms with Crippen LogP contribution in [0.3, 0.4) is 0 Å². The molecule has 6 nitrogen and oxygen atoms in total. The maximum atomic E-state index is 10.4. The van der Waals surface area contributed by atoms with Crippen LogP contribution in [0.5, 0.6) is 0 Å². The van der Waals surface area contributed by atoms with Gasteiger partial charge in [-0.15, -0.1) is 0 Å². The predicted octanol–water partition coefficient (Wildman–Crippen LogP) is -0.378. The second-order valence-electron chi connectivity index (χ2n) is 2.52. The highest BCUT2D eigenvalue weighted by atomic mass is 16.4. The fourth-order valence-electron chi connectivity index (χ4n) is 0.852. The number of nitrogens with zero attached hydrogens (tertiary/aromatic N) is 2. The van der Waals surface area contributed by atoms with Crippen LogP contribution in [0.2, 0.25) is 0 Å². The largest absolute Gasteiger partial charge is 0.480 e. The Balaban J connectivity index is 2.84. The van der Waals surface area contributed by atoms with Crippen molar-refractivity contribution in [3.8, 4) is 0 Å². The van der Waals surface area contributed by atoms with Gasteiger partial charge in [-0.1, -0.05) is 0 Å². The quantitative estimate of drug-likeness (QED) is 0.637. The summed E-state index contributed by atoms with van der Waals surface area (Å²) in [7, 11) is 0. The summed E-state index contributed by atoms with van der Waals surface area (Å²) in [4.78, 5) is 25.4. The summed E-state index contributed by atoms with van der Waals surface area (Å²) in [5.74, 6) is -0.927. The van der Waals surface area contributed by atoms with E-state index in [-0.39, 0.29) is 5.82 Å². The van der Waals surface area contributed by atoms with Gasteiger partial charge in [0.25, 0.3) is 0 Å². The molecule has 1 heterocycles. The summed E-state index contributed by atoms with van der Waals surface area (Å²) in [6.07, 6.45) is 2.80. The Morgan fingerprint density at radius 1 is 1.64 bits per heavy atom. The molecule has 3 N–H and O–H groups in total. The van der Waals surface area contributed by atoms with Gasteiger partial charge in [-0.3, -0.25) is 14.5 Å². The van der Waals surface area contributed by atoms with E-state index in [1.165, 1.54) is 24.7 Å². The first-order valence-electron chi connectivity index (χ1n) is 3.72. The van der Waals surface area contributed by atoms with E-state index in [0.29, 0.717) is 5.69 Å². The molecule has 0 aromatic carbocycles. The highest BCUT2D eigenvalue weighted by Gasteiger charge is 2.11. The number of carboxylic acids is 1. The lowest BCUT2D eigenvalue weighted by molar-refractivity contribution is -0.135. The molecule has 73 valence electrons. The molecular weight excluding hydrogens is 186 g/mol. The maximum absolute atomic E-state index is 10.4. The molecular formula is C8H8N3O3. The summed E-state index contributed by atoms with van der Waals surface area (Å²) in [5.41, 5.74) is 5.81. The van der Waals surface area contributed by atoms with Crippen molar-refractivity contribution in [2.24, 2.45) is 0 Å². The fourth-order valence-corrected chi connectivity index (χ4v) is 0.852. The van der Waals surface area contributed by atoms with E-state index in [4.69, 9.17) is 10.8 Å². The monoisotopic (exact) mass is 194 g/mol. The van der Waals surface area contributed by atoms with Crippen LogP contribution < -0.4 is 10.6 Å². The van der Waals surface area contributed by atoms with Gasteiger partial charge in [0.1, 0.15) is 12.4 Å². The lowest BCUT2D eigenvalue weighted by atomic mass is 10.4. The van der Waals surface area contributed by atoms with Gasteiger partial charge in [0.15, 0.2) is 0 Å². The summed E-state index contributed by atoms with van der Waals surface area (Å²) in [6.45, 7) is -0.472. The fraction of sp³-hybridized carbons (Fsp3) is 0.125. The first-order chi connectivity index (χ1) is 6.63. The van der Waals surface area contributed by atoms with Gasteiger partial charge in [0, 0.05) is 0 Å². The van der Waals surface area contributed by atoms with Crippen molar-refractivity contribution in [2.75, 3.05) is 17.2 Å². The molecule has 1 amide bonds. The molecule has 0 spiro atoms. The Kier molecular flexibility index (Phi) is 3.01. The minimum Gasteiger partial charge on any atom is -0.480 e. The van der Waals surface area contributed by atoms with Crippen molar-refractivity contribution < 1.29 is 14.7 Å². The van der Waals surface area contributed by atoms with Crippen LogP contribution in [0.1, 0.15) is 0 Å². The molecule has 0 aliphatic rings. The number of carbonyl (C=O) groups excluding carboxylic acids is 1. The average molecular weight is 194 g/mol. The molecule has 1 radical (unpaired) electrons. The Morgan fingerprint density at radius 3 is 2.79 bits per heavy atom. The second kappa shape index (κ2) is 4.22. The van der Waals surface area contributed by atoms with E-state index in [1.54, 1.807) is 0 Å². The number of amides is 1. The SMILES string of the molecule is Nc1ccc(N([C]=O)CC(=O)O)nc1. The zero-order valence-electron chi connectivity index (χ0n) is 7.17. The summed E-state index contributed by atoms with van der Waals surface area (Å²) < 4.78 is 0. The topological polar surface area (TPSA) is 96.5 Å². The molecule has 0 aliphatic heterocycles. The number of carboxylic acid groups (broad SMARTS) is 1. The van der Waals surface area contributed by atoms with Gasteiger partial charge in [-0.25, -0.2) is 4.98 Å². The van der Waals surface area contributed by atoms with E-state index in [1.807, 2.05) is 0 Å². The molecule has 14 heavy (non-hydrogen) atoms. The number of nitrogen functional groups attached to an aromatic ring is 1. The molecule has 6 heteroatoms. The number of anilines is 2. The Labute approximate surface area is 80.0 Å². The molecule has 0 aliphatic carbocycles. The minimum absolute atomic E-state index is 0.205. The molecule has 0 atom stereocenters. The number of aromatic nitrogens is 1. The molecule has 0 bridgehead atoms. The van der Waals surface area contributed by atoms with Crippen LogP contribution in [-0.2, 0) is 9.59 Å². The number of carbonyl (C=O) groups is 1. The van der Waals surface area contributed by atoms with Crippen LogP contribution in [0.15, 0.2) is 18.3 Å². The van der Waals surface area contributed by atoms with Gasteiger partial charge in [0.2, 0.25) is 0 Å². The van der Waals surface area contributed by atoms with E-state index < -0.39 is 12.5 Å². The third-order valence-corrected chi connectivity index (χ3v) is 1.45. The van der Waals surface area contributed by atoms with Crippen LogP contribution in [0.4, 0.5) is 11.5 Å². The summed E-state index contributed by atoms with van der Waals surface area (Å²) in [6, 6.07) is 2.97. The van der Waals surface area contributed by atoms with Crippen LogP contribution in [0, 0.1) is 0 Å². The number of rotatable bonds is 4. The van der Waals surface area contributed by atoms with E-state index in [2.05, 4.69) is 4.98 Å². The first kappa shape index (κ1) is 9.97. The molecule has 1 rings (SSSR count). The third-order valence-electron chi connectivity index (χ3n) is 1.45. The lowest BCUT2D eigenvalue weighted by Crippen LogP contribution is -2.28. The molecule has 1 aromatic rings. The number of pyridine rings is 1. The van der Waals surface area contributed by atoms with E-state index in [9.17, 15) is 9.59 Å². The number of hydrogen-bond donors (Lipinski definition) is 2. The minimum atomic E-state index is -1.13. The predicted molar refractivity (Wildman–Crippen MR) is 49.3 cm³/mol. The molecule has 1 aromatic heterocycles. The van der Waals surface area contributed by atoms with Crippen molar-refractivity contribution in [3.05, 3.63) is 18.3 Å². The highest BCUT2D eigenvalue weighted by Crippen LogP contribution is 2.09. The zero-order valence-corrected chi connectivity index (χ0v) is 7.17. The van der Waals surface area contributed by atoms with Gasteiger partial charge in [-0.2, -0.15) is 0 Å². The van der Waals surface area contributed by atoms with Crippen LogP contribution in [-0.4, -0.2) is 29.0 Å². The lowest BCUT2D eigenvalue weighted by Gasteiger charge is -2.11. The van der Waals surface area contributed by atoms with Gasteiger partial charge in [0.05, 0.1) is 11.9 Å². The number of aliphatic carboxylic acids is 1. The normalized spacial score (nSPS) is 9.43. The van der Waals surface area contributed by atoms with Gasteiger partial charge >= 0.3 is 12.4 Å². The standard InChI is InChI=1S/C8H8N3O3/c9-6-1-2-7(10-3-6)11(5-12)4-8(13)14/h1-3H,4,9H2,(H,13,14). The highest BCUT2D eigenvalue weighted by molar-refractivity contribution is 5.84. The van der Waals surface area contributed by atoms with Gasteiger partial charge in [-0.05, 0) is 12.1 Å². The smallest absolute Gasteiger partial charge is 0.323 e. The second-order valence-corrected chi connectivity index (χ2v) is 2.52. The Hall–Kier alpha value is -2.11. The summed E-state index contributed by atoms with van der Waals surface area (Å²) in [5, 5.41) is 8.46. The zero-order chi connectivity index (χ0) is 10.6. The van der Waals surface area contributed by atoms with Crippen molar-refractivity contribution in [2.45, 2.75) is 0 Å². The van der Waals surface area contributed by atoms with Crippen molar-refractivity contribution in [3.63, 3.8) is 0 Å². The Morgan fingerprint density at radius 2 is 2.36 bits per heavy atom. The van der Waals surface area contributed by atoms with Gasteiger partial charge < -0.3 is 10.8 Å². The number of hydrogen-bond acceptors (Lipinski definition) is 4. The summed E-state index contributed by atoms with van der Waals surface area (Å²) >= 11 is 0. The van der Waals surface area contributed by atoms with E-state index >= 15 is 0 Å². The maximum Gasteiger partial charge on any atom is 0.323 e. The van der Waals surface area contributed by atoms with Crippen molar-refractivity contribution in [1.82, 2.24) is 4.98 Å².